The van der Waals surface area contributed by atoms with Gasteiger partial charge in [-0.15, -0.1) is 0 Å². The third-order valence-corrected chi connectivity index (χ3v) is 4.90. The van der Waals surface area contributed by atoms with E-state index in [2.05, 4.69) is 26.0 Å². The molecule has 0 spiro atoms. The standard InChI is InChI=1S/C21H18BrFN2O6/c1-29-17-9-13(8-16-20(27)25(21(28)24-16)10-18(26)30-2)7-15(22)19(17)31-11-12-4-3-5-14(23)6-12/h3-9H,10-11H2,1-2H3,(H,24,28)/b16-8+. The highest BCUT2D eigenvalue weighted by Gasteiger charge is 2.35. The average molecular weight is 493 g/mol. The van der Waals surface area contributed by atoms with Crippen molar-refractivity contribution in [1.29, 1.82) is 0 Å². The van der Waals surface area contributed by atoms with Crippen LogP contribution in [0.1, 0.15) is 11.1 Å². The molecule has 8 nitrogen and oxygen atoms in total. The highest BCUT2D eigenvalue weighted by molar-refractivity contribution is 9.10. The van der Waals surface area contributed by atoms with E-state index in [1.807, 2.05) is 0 Å². The lowest BCUT2D eigenvalue weighted by Crippen LogP contribution is -2.36. The number of imide groups is 1. The van der Waals surface area contributed by atoms with Crippen LogP contribution in [0.15, 0.2) is 46.6 Å². The zero-order valence-corrected chi connectivity index (χ0v) is 18.2. The Hall–Kier alpha value is -3.40. The molecule has 162 valence electrons. The molecule has 0 bridgehead atoms. The Morgan fingerprint density at radius 1 is 1.23 bits per heavy atom. The average Bonchev–Trinajstić information content (AvgIpc) is 2.99. The van der Waals surface area contributed by atoms with E-state index < -0.39 is 24.5 Å². The molecule has 31 heavy (non-hydrogen) atoms. The summed E-state index contributed by atoms with van der Waals surface area (Å²) in [4.78, 5) is 36.6. The summed E-state index contributed by atoms with van der Waals surface area (Å²) in [5, 5.41) is 2.42. The van der Waals surface area contributed by atoms with Gasteiger partial charge in [-0.1, -0.05) is 12.1 Å². The predicted molar refractivity (Wildman–Crippen MR) is 112 cm³/mol. The second-order valence-corrected chi connectivity index (χ2v) is 7.26. The monoisotopic (exact) mass is 492 g/mol. The lowest BCUT2D eigenvalue weighted by molar-refractivity contribution is -0.143. The summed E-state index contributed by atoms with van der Waals surface area (Å²) in [6.07, 6.45) is 1.45. The lowest BCUT2D eigenvalue weighted by Gasteiger charge is -2.14. The maximum Gasteiger partial charge on any atom is 0.329 e. The van der Waals surface area contributed by atoms with E-state index in [1.165, 1.54) is 32.4 Å². The second kappa shape index (κ2) is 9.61. The highest BCUT2D eigenvalue weighted by atomic mass is 79.9. The van der Waals surface area contributed by atoms with Gasteiger partial charge in [0.1, 0.15) is 24.7 Å². The van der Waals surface area contributed by atoms with Crippen LogP contribution in [-0.4, -0.2) is 43.6 Å². The zero-order valence-electron chi connectivity index (χ0n) is 16.6. The van der Waals surface area contributed by atoms with Crippen LogP contribution in [0.2, 0.25) is 0 Å². The third-order valence-electron chi connectivity index (χ3n) is 4.31. The summed E-state index contributed by atoms with van der Waals surface area (Å²) in [6.45, 7) is -0.372. The quantitative estimate of drug-likeness (QED) is 0.362. The molecule has 2 aromatic rings. The maximum absolute atomic E-state index is 13.4. The lowest BCUT2D eigenvalue weighted by atomic mass is 10.1. The van der Waals surface area contributed by atoms with Crippen LogP contribution in [0.5, 0.6) is 11.5 Å². The van der Waals surface area contributed by atoms with Crippen molar-refractivity contribution in [3.63, 3.8) is 0 Å². The fourth-order valence-electron chi connectivity index (χ4n) is 2.82. The van der Waals surface area contributed by atoms with Crippen LogP contribution in [0.4, 0.5) is 9.18 Å². The number of hydrogen-bond donors (Lipinski definition) is 1. The Morgan fingerprint density at radius 2 is 2.00 bits per heavy atom. The largest absolute Gasteiger partial charge is 0.493 e. The van der Waals surface area contributed by atoms with Gasteiger partial charge in [-0.25, -0.2) is 14.1 Å². The number of nitrogens with zero attached hydrogens (tertiary/aromatic N) is 1. The summed E-state index contributed by atoms with van der Waals surface area (Å²) in [7, 11) is 2.62. The molecule has 0 unspecified atom stereocenters. The Labute approximate surface area is 185 Å². The molecule has 1 fully saturated rings. The van der Waals surface area contributed by atoms with Crippen molar-refractivity contribution in [1.82, 2.24) is 10.2 Å². The number of carbonyl (C=O) groups excluding carboxylic acids is 3. The number of methoxy groups -OCH3 is 2. The number of hydrogen-bond acceptors (Lipinski definition) is 6. The minimum absolute atomic E-state index is 0.00344. The predicted octanol–water partition coefficient (Wildman–Crippen LogP) is 3.24. The zero-order chi connectivity index (χ0) is 22.5. The molecule has 3 rings (SSSR count). The minimum atomic E-state index is -0.720. The van der Waals surface area contributed by atoms with Crippen LogP contribution in [0, 0.1) is 5.82 Å². The first-order valence-electron chi connectivity index (χ1n) is 8.98. The molecule has 1 saturated heterocycles. The molecule has 3 amide bonds. The van der Waals surface area contributed by atoms with E-state index >= 15 is 0 Å². The van der Waals surface area contributed by atoms with Crippen LogP contribution < -0.4 is 14.8 Å². The molecule has 10 heteroatoms. The summed E-state index contributed by atoms with van der Waals surface area (Å²) >= 11 is 3.40. The van der Waals surface area contributed by atoms with Crippen LogP contribution in [0.3, 0.4) is 0 Å². The molecule has 0 atom stereocenters. The number of halogens is 2. The Morgan fingerprint density at radius 3 is 2.68 bits per heavy atom. The van der Waals surface area contributed by atoms with Gasteiger partial charge in [0.05, 0.1) is 18.7 Å². The Balaban J connectivity index is 1.81. The van der Waals surface area contributed by atoms with E-state index in [-0.39, 0.29) is 18.1 Å². The fraction of sp³-hybridized carbons (Fsp3) is 0.190. The number of amides is 3. The van der Waals surface area contributed by atoms with Crippen LogP contribution >= 0.6 is 15.9 Å². The van der Waals surface area contributed by atoms with Gasteiger partial charge in [0.15, 0.2) is 11.5 Å². The first kappa shape index (κ1) is 22.3. The number of ether oxygens (including phenoxy) is 3. The summed E-state index contributed by atoms with van der Waals surface area (Å²) in [5.41, 5.74) is 1.17. The van der Waals surface area contributed by atoms with Gasteiger partial charge >= 0.3 is 12.0 Å². The summed E-state index contributed by atoms with van der Waals surface area (Å²) < 4.78 is 29.5. The van der Waals surface area contributed by atoms with Crippen LogP contribution in [-0.2, 0) is 20.9 Å². The van der Waals surface area contributed by atoms with Crippen molar-refractivity contribution in [2.24, 2.45) is 0 Å². The number of esters is 1. The molecule has 0 radical (unpaired) electrons. The molecule has 2 aromatic carbocycles. The van der Waals surface area contributed by atoms with E-state index in [0.29, 0.717) is 27.1 Å². The van der Waals surface area contributed by atoms with Gasteiger partial charge in [-0.2, -0.15) is 0 Å². The van der Waals surface area contributed by atoms with E-state index in [9.17, 15) is 18.8 Å². The second-order valence-electron chi connectivity index (χ2n) is 6.41. The minimum Gasteiger partial charge on any atom is -0.493 e. The molecule has 0 aliphatic carbocycles. The van der Waals surface area contributed by atoms with Crippen molar-refractivity contribution in [3.8, 4) is 11.5 Å². The van der Waals surface area contributed by atoms with Crippen molar-refractivity contribution >= 4 is 39.9 Å². The molecular weight excluding hydrogens is 475 g/mol. The summed E-state index contributed by atoms with van der Waals surface area (Å²) in [5.74, 6) is -0.978. The molecule has 1 heterocycles. The molecule has 1 aliphatic rings. The first-order chi connectivity index (χ1) is 14.8. The SMILES string of the molecule is COC(=O)CN1C(=O)N/C(=C/c2cc(Br)c(OCc3cccc(F)c3)c(OC)c2)C1=O. The van der Waals surface area contributed by atoms with Crippen molar-refractivity contribution < 1.29 is 33.0 Å². The van der Waals surface area contributed by atoms with Gasteiger partial charge < -0.3 is 19.5 Å². The fourth-order valence-corrected chi connectivity index (χ4v) is 3.40. The highest BCUT2D eigenvalue weighted by Crippen LogP contribution is 2.38. The molecular formula is C21H18BrFN2O6. The van der Waals surface area contributed by atoms with Gasteiger partial charge in [-0.05, 0) is 57.4 Å². The van der Waals surface area contributed by atoms with Crippen molar-refractivity contribution in [3.05, 3.63) is 63.5 Å². The number of carbonyl (C=O) groups is 3. The molecule has 0 saturated carbocycles. The van der Waals surface area contributed by atoms with Gasteiger partial charge in [-0.3, -0.25) is 9.59 Å². The van der Waals surface area contributed by atoms with E-state index in [0.717, 1.165) is 4.90 Å². The first-order valence-corrected chi connectivity index (χ1v) is 9.77. The number of urea groups is 1. The van der Waals surface area contributed by atoms with E-state index in [4.69, 9.17) is 9.47 Å². The Bertz CT molecular complexity index is 1070. The topological polar surface area (TPSA) is 94.2 Å². The van der Waals surface area contributed by atoms with E-state index in [1.54, 1.807) is 24.3 Å². The van der Waals surface area contributed by atoms with Gasteiger partial charge in [0, 0.05) is 0 Å². The smallest absolute Gasteiger partial charge is 0.329 e. The number of benzene rings is 2. The molecule has 1 aliphatic heterocycles. The normalized spacial score (nSPS) is 14.6. The van der Waals surface area contributed by atoms with Gasteiger partial charge in [0.25, 0.3) is 5.91 Å². The number of nitrogens with one attached hydrogen (secondary N) is 1. The van der Waals surface area contributed by atoms with Crippen molar-refractivity contribution in [2.45, 2.75) is 6.61 Å². The Kier molecular flexibility index (Phi) is 6.91. The number of rotatable bonds is 7. The summed E-state index contributed by atoms with van der Waals surface area (Å²) in [6, 6.07) is 8.59. The maximum atomic E-state index is 13.4. The third kappa shape index (κ3) is 5.21. The molecule has 1 N–H and O–H groups in total. The van der Waals surface area contributed by atoms with Crippen molar-refractivity contribution in [2.75, 3.05) is 20.8 Å². The molecule has 0 aromatic heterocycles. The van der Waals surface area contributed by atoms with Gasteiger partial charge in [0.2, 0.25) is 0 Å². The van der Waals surface area contributed by atoms with Crippen LogP contribution in [0.25, 0.3) is 6.08 Å².